The summed E-state index contributed by atoms with van der Waals surface area (Å²) in [5.41, 5.74) is 7.08. The fraction of sp³-hybridized carbons (Fsp3) is 0.400. The van der Waals surface area contributed by atoms with Crippen LogP contribution in [0.5, 0.6) is 0 Å². The fourth-order valence-corrected chi connectivity index (χ4v) is 2.66. The predicted molar refractivity (Wildman–Crippen MR) is 80.6 cm³/mol. The number of carbonyl (C=O) groups excluding carboxylic acids is 1. The molecule has 1 heterocycles. The molecule has 1 aromatic carbocycles. The molecule has 0 atom stereocenters. The van der Waals surface area contributed by atoms with Gasteiger partial charge in [0.2, 0.25) is 5.91 Å². The standard InChI is InChI=1S/C15H19N5O/c1-10-17-13(20-19-10)11-4-6-12(7-5-11)18-14(21)15(16)8-2-3-9-15/h4-7H,2-3,8-9,16H2,1H3,(H,18,21)(H,17,19,20). The van der Waals surface area contributed by atoms with Gasteiger partial charge in [-0.2, -0.15) is 5.10 Å². The summed E-state index contributed by atoms with van der Waals surface area (Å²) < 4.78 is 0. The number of hydrogen-bond donors (Lipinski definition) is 3. The minimum atomic E-state index is -0.709. The van der Waals surface area contributed by atoms with E-state index in [1.165, 1.54) is 0 Å². The Morgan fingerprint density at radius 2 is 1.95 bits per heavy atom. The van der Waals surface area contributed by atoms with Crippen molar-refractivity contribution in [1.29, 1.82) is 0 Å². The number of nitrogens with one attached hydrogen (secondary N) is 2. The molecule has 1 fully saturated rings. The number of nitrogens with two attached hydrogens (primary N) is 1. The van der Waals surface area contributed by atoms with Crippen molar-refractivity contribution in [3.8, 4) is 11.4 Å². The van der Waals surface area contributed by atoms with E-state index in [4.69, 9.17) is 5.73 Å². The molecule has 2 aromatic rings. The lowest BCUT2D eigenvalue weighted by Gasteiger charge is -2.22. The van der Waals surface area contributed by atoms with Crippen molar-refractivity contribution < 1.29 is 4.79 Å². The molecule has 0 unspecified atom stereocenters. The van der Waals surface area contributed by atoms with Crippen LogP contribution in [-0.2, 0) is 4.79 Å². The lowest BCUT2D eigenvalue weighted by molar-refractivity contribution is -0.121. The first kappa shape index (κ1) is 13.8. The van der Waals surface area contributed by atoms with Crippen molar-refractivity contribution in [2.24, 2.45) is 5.73 Å². The van der Waals surface area contributed by atoms with Gasteiger partial charge in [0.1, 0.15) is 5.82 Å². The van der Waals surface area contributed by atoms with Gasteiger partial charge in [-0.3, -0.25) is 9.89 Å². The number of aromatic nitrogens is 3. The second-order valence-corrected chi connectivity index (χ2v) is 5.64. The molecule has 1 aromatic heterocycles. The Hall–Kier alpha value is -2.21. The zero-order valence-electron chi connectivity index (χ0n) is 12.0. The molecular weight excluding hydrogens is 266 g/mol. The number of anilines is 1. The maximum atomic E-state index is 12.2. The zero-order chi connectivity index (χ0) is 14.9. The molecule has 0 aliphatic heterocycles. The van der Waals surface area contributed by atoms with E-state index in [0.29, 0.717) is 5.82 Å². The average Bonchev–Trinajstić information content (AvgIpc) is 3.09. The summed E-state index contributed by atoms with van der Waals surface area (Å²) in [6.07, 6.45) is 3.56. The van der Waals surface area contributed by atoms with Crippen molar-refractivity contribution in [2.75, 3.05) is 5.32 Å². The highest BCUT2D eigenvalue weighted by molar-refractivity contribution is 5.98. The molecule has 0 saturated heterocycles. The van der Waals surface area contributed by atoms with E-state index in [2.05, 4.69) is 20.5 Å². The lowest BCUT2D eigenvalue weighted by Crippen LogP contribution is -2.48. The minimum Gasteiger partial charge on any atom is -0.324 e. The molecule has 1 saturated carbocycles. The normalized spacial score (nSPS) is 16.9. The van der Waals surface area contributed by atoms with Crippen LogP contribution in [0, 0.1) is 6.92 Å². The molecule has 21 heavy (non-hydrogen) atoms. The summed E-state index contributed by atoms with van der Waals surface area (Å²) in [6, 6.07) is 7.46. The largest absolute Gasteiger partial charge is 0.324 e. The van der Waals surface area contributed by atoms with E-state index >= 15 is 0 Å². The van der Waals surface area contributed by atoms with Gasteiger partial charge in [0, 0.05) is 11.3 Å². The van der Waals surface area contributed by atoms with Crippen LogP contribution in [-0.4, -0.2) is 26.6 Å². The van der Waals surface area contributed by atoms with Gasteiger partial charge in [0.25, 0.3) is 0 Å². The highest BCUT2D eigenvalue weighted by Gasteiger charge is 2.36. The fourth-order valence-electron chi connectivity index (χ4n) is 2.66. The van der Waals surface area contributed by atoms with Crippen molar-refractivity contribution in [1.82, 2.24) is 15.2 Å². The predicted octanol–water partition coefficient (Wildman–Crippen LogP) is 1.99. The maximum Gasteiger partial charge on any atom is 0.244 e. The van der Waals surface area contributed by atoms with Crippen LogP contribution in [0.25, 0.3) is 11.4 Å². The first-order chi connectivity index (χ1) is 10.1. The number of rotatable bonds is 3. The van der Waals surface area contributed by atoms with E-state index in [1.807, 2.05) is 31.2 Å². The van der Waals surface area contributed by atoms with Gasteiger partial charge < -0.3 is 11.1 Å². The molecular formula is C15H19N5O. The van der Waals surface area contributed by atoms with E-state index in [9.17, 15) is 4.79 Å². The Bertz CT molecular complexity index is 640. The van der Waals surface area contributed by atoms with Crippen LogP contribution in [0.1, 0.15) is 31.5 Å². The zero-order valence-corrected chi connectivity index (χ0v) is 12.0. The quantitative estimate of drug-likeness (QED) is 0.803. The number of carbonyl (C=O) groups is 1. The molecule has 1 aliphatic carbocycles. The molecule has 4 N–H and O–H groups in total. The van der Waals surface area contributed by atoms with Crippen molar-refractivity contribution in [2.45, 2.75) is 38.1 Å². The van der Waals surface area contributed by atoms with Gasteiger partial charge in [-0.25, -0.2) is 4.98 Å². The third-order valence-electron chi connectivity index (χ3n) is 3.95. The van der Waals surface area contributed by atoms with Crippen molar-refractivity contribution >= 4 is 11.6 Å². The van der Waals surface area contributed by atoms with Crippen LogP contribution in [0.15, 0.2) is 24.3 Å². The van der Waals surface area contributed by atoms with Gasteiger partial charge in [-0.1, -0.05) is 12.8 Å². The third-order valence-corrected chi connectivity index (χ3v) is 3.95. The summed E-state index contributed by atoms with van der Waals surface area (Å²) in [5.74, 6) is 1.33. The van der Waals surface area contributed by atoms with Crippen LogP contribution < -0.4 is 11.1 Å². The van der Waals surface area contributed by atoms with E-state index in [-0.39, 0.29) is 5.91 Å². The third kappa shape index (κ3) is 2.80. The Morgan fingerprint density at radius 3 is 2.52 bits per heavy atom. The maximum absolute atomic E-state index is 12.2. The molecule has 6 nitrogen and oxygen atoms in total. The van der Waals surface area contributed by atoms with Crippen LogP contribution in [0.3, 0.4) is 0 Å². The van der Waals surface area contributed by atoms with Crippen molar-refractivity contribution in [3.63, 3.8) is 0 Å². The summed E-state index contributed by atoms with van der Waals surface area (Å²) in [7, 11) is 0. The number of amides is 1. The summed E-state index contributed by atoms with van der Waals surface area (Å²) in [5, 5.41) is 9.81. The van der Waals surface area contributed by atoms with Crippen LogP contribution in [0.2, 0.25) is 0 Å². The van der Waals surface area contributed by atoms with Crippen LogP contribution in [0.4, 0.5) is 5.69 Å². The number of aromatic amines is 1. The first-order valence-corrected chi connectivity index (χ1v) is 7.17. The highest BCUT2D eigenvalue weighted by Crippen LogP contribution is 2.28. The average molecular weight is 285 g/mol. The molecule has 0 radical (unpaired) electrons. The summed E-state index contributed by atoms with van der Waals surface area (Å²) >= 11 is 0. The summed E-state index contributed by atoms with van der Waals surface area (Å²) in [6.45, 7) is 1.85. The molecule has 0 spiro atoms. The Morgan fingerprint density at radius 1 is 1.29 bits per heavy atom. The van der Waals surface area contributed by atoms with E-state index in [1.54, 1.807) is 0 Å². The van der Waals surface area contributed by atoms with Crippen molar-refractivity contribution in [3.05, 3.63) is 30.1 Å². The molecule has 1 amide bonds. The minimum absolute atomic E-state index is 0.0958. The van der Waals surface area contributed by atoms with E-state index in [0.717, 1.165) is 42.8 Å². The number of benzene rings is 1. The van der Waals surface area contributed by atoms with Gasteiger partial charge in [-0.05, 0) is 44.0 Å². The Balaban J connectivity index is 1.71. The van der Waals surface area contributed by atoms with Gasteiger partial charge >= 0.3 is 0 Å². The molecule has 0 bridgehead atoms. The number of aryl methyl sites for hydroxylation is 1. The van der Waals surface area contributed by atoms with Gasteiger partial charge in [0.05, 0.1) is 5.54 Å². The number of H-pyrrole nitrogens is 1. The second-order valence-electron chi connectivity index (χ2n) is 5.64. The number of nitrogens with zero attached hydrogens (tertiary/aromatic N) is 2. The molecule has 6 heteroatoms. The van der Waals surface area contributed by atoms with E-state index < -0.39 is 5.54 Å². The number of hydrogen-bond acceptors (Lipinski definition) is 4. The van der Waals surface area contributed by atoms with Gasteiger partial charge in [0.15, 0.2) is 5.82 Å². The Labute approximate surface area is 123 Å². The van der Waals surface area contributed by atoms with Crippen LogP contribution >= 0.6 is 0 Å². The highest BCUT2D eigenvalue weighted by atomic mass is 16.2. The molecule has 110 valence electrons. The Kier molecular flexibility index (Phi) is 3.47. The smallest absolute Gasteiger partial charge is 0.244 e. The van der Waals surface area contributed by atoms with Gasteiger partial charge in [-0.15, -0.1) is 0 Å². The lowest BCUT2D eigenvalue weighted by atomic mass is 9.98. The summed E-state index contributed by atoms with van der Waals surface area (Å²) in [4.78, 5) is 16.5. The topological polar surface area (TPSA) is 96.7 Å². The SMILES string of the molecule is Cc1nc(-c2ccc(NC(=O)C3(N)CCCC3)cc2)n[nH]1. The molecule has 1 aliphatic rings. The second kappa shape index (κ2) is 5.29. The first-order valence-electron chi connectivity index (χ1n) is 7.17. The molecule has 3 rings (SSSR count). The monoisotopic (exact) mass is 285 g/mol.